The summed E-state index contributed by atoms with van der Waals surface area (Å²) in [5, 5.41) is 2.90. The van der Waals surface area contributed by atoms with Gasteiger partial charge in [0.1, 0.15) is 6.54 Å². The minimum Gasteiger partial charge on any atom is -0.455 e. The Bertz CT molecular complexity index is 1050. The van der Waals surface area contributed by atoms with E-state index in [9.17, 15) is 18.0 Å². The van der Waals surface area contributed by atoms with E-state index in [0.717, 1.165) is 18.8 Å². The van der Waals surface area contributed by atoms with Gasteiger partial charge in [-0.15, -0.1) is 0 Å². The Balaban J connectivity index is 1.43. The number of nitrogens with zero attached hydrogens (tertiary/aromatic N) is 1. The van der Waals surface area contributed by atoms with Gasteiger partial charge in [-0.3, -0.25) is 9.59 Å². The molecule has 1 saturated heterocycles. The average Bonchev–Trinajstić information content (AvgIpc) is 3.28. The van der Waals surface area contributed by atoms with Crippen LogP contribution >= 0.6 is 23.2 Å². The van der Waals surface area contributed by atoms with E-state index in [1.807, 2.05) is 12.1 Å². The number of hydrogen-bond donors (Lipinski definition) is 2. The minimum atomic E-state index is -3.99. The van der Waals surface area contributed by atoms with Crippen LogP contribution in [0.3, 0.4) is 0 Å². The van der Waals surface area contributed by atoms with Crippen molar-refractivity contribution in [2.24, 2.45) is 0 Å². The number of carbonyl (C=O) groups is 2. The van der Waals surface area contributed by atoms with Crippen molar-refractivity contribution in [2.45, 2.75) is 17.7 Å². The Morgan fingerprint density at radius 2 is 1.68 bits per heavy atom. The zero-order valence-corrected chi connectivity index (χ0v) is 18.8. The third-order valence-electron chi connectivity index (χ3n) is 4.59. The van der Waals surface area contributed by atoms with Crippen LogP contribution in [0.25, 0.3) is 0 Å². The van der Waals surface area contributed by atoms with Crippen LogP contribution in [0.5, 0.6) is 0 Å². The normalized spacial score (nSPS) is 13.8. The quantitative estimate of drug-likeness (QED) is 0.556. The van der Waals surface area contributed by atoms with Crippen molar-refractivity contribution in [3.05, 3.63) is 52.5 Å². The molecule has 0 atom stereocenters. The number of hydrogen-bond acceptors (Lipinski definition) is 6. The first-order valence-corrected chi connectivity index (χ1v) is 11.7. The van der Waals surface area contributed by atoms with Crippen LogP contribution in [0.2, 0.25) is 10.0 Å². The van der Waals surface area contributed by atoms with E-state index in [4.69, 9.17) is 27.9 Å². The molecule has 1 amide bonds. The number of nitrogens with one attached hydrogen (secondary N) is 2. The number of halogens is 2. The molecule has 1 aliphatic rings. The fraction of sp³-hybridized carbons (Fsp3) is 0.300. The Morgan fingerprint density at radius 1 is 1.00 bits per heavy atom. The van der Waals surface area contributed by atoms with Gasteiger partial charge in [0.2, 0.25) is 10.0 Å². The van der Waals surface area contributed by atoms with Crippen molar-refractivity contribution in [1.82, 2.24) is 4.72 Å². The lowest BCUT2D eigenvalue weighted by atomic mass is 10.2. The fourth-order valence-electron chi connectivity index (χ4n) is 3.01. The van der Waals surface area contributed by atoms with Crippen molar-refractivity contribution in [2.75, 3.05) is 36.5 Å². The molecule has 3 rings (SSSR count). The van der Waals surface area contributed by atoms with Crippen molar-refractivity contribution >= 4 is 56.5 Å². The van der Waals surface area contributed by atoms with Crippen LogP contribution in [0.15, 0.2) is 47.4 Å². The summed E-state index contributed by atoms with van der Waals surface area (Å²) in [6.45, 7) is 0.870. The van der Waals surface area contributed by atoms with Gasteiger partial charge in [0.15, 0.2) is 6.61 Å². The van der Waals surface area contributed by atoms with Gasteiger partial charge >= 0.3 is 5.97 Å². The largest absolute Gasteiger partial charge is 0.455 e. The summed E-state index contributed by atoms with van der Waals surface area (Å²) in [5.74, 6) is -1.43. The van der Waals surface area contributed by atoms with Crippen LogP contribution in [-0.2, 0) is 24.3 Å². The van der Waals surface area contributed by atoms with E-state index in [1.165, 1.54) is 31.0 Å². The second-order valence-corrected chi connectivity index (χ2v) is 9.43. The van der Waals surface area contributed by atoms with E-state index in [1.54, 1.807) is 12.1 Å². The summed E-state index contributed by atoms with van der Waals surface area (Å²) in [6.07, 6.45) is 2.35. The Labute approximate surface area is 190 Å². The zero-order valence-electron chi connectivity index (χ0n) is 16.4. The van der Waals surface area contributed by atoms with E-state index >= 15 is 0 Å². The molecule has 31 heavy (non-hydrogen) atoms. The first-order valence-electron chi connectivity index (χ1n) is 9.50. The van der Waals surface area contributed by atoms with Crippen molar-refractivity contribution < 1.29 is 22.7 Å². The monoisotopic (exact) mass is 485 g/mol. The predicted molar refractivity (Wildman–Crippen MR) is 119 cm³/mol. The van der Waals surface area contributed by atoms with Crippen molar-refractivity contribution in [3.8, 4) is 0 Å². The van der Waals surface area contributed by atoms with Gasteiger partial charge in [-0.1, -0.05) is 23.2 Å². The maximum absolute atomic E-state index is 12.2. The molecule has 0 radical (unpaired) electrons. The molecule has 8 nitrogen and oxygen atoms in total. The number of benzene rings is 2. The number of amides is 1. The summed E-state index contributed by atoms with van der Waals surface area (Å²) >= 11 is 11.6. The van der Waals surface area contributed by atoms with Gasteiger partial charge in [0.25, 0.3) is 5.91 Å². The summed E-state index contributed by atoms with van der Waals surface area (Å²) in [5.41, 5.74) is 1.67. The third kappa shape index (κ3) is 6.57. The summed E-state index contributed by atoms with van der Waals surface area (Å²) in [6, 6.07) is 11.1. The van der Waals surface area contributed by atoms with Gasteiger partial charge in [-0.2, -0.15) is 4.72 Å². The highest BCUT2D eigenvalue weighted by atomic mass is 35.5. The molecule has 166 valence electrons. The lowest BCUT2D eigenvalue weighted by molar-refractivity contribution is -0.146. The fourth-order valence-corrected chi connectivity index (χ4v) is 4.36. The second kappa shape index (κ2) is 10.3. The summed E-state index contributed by atoms with van der Waals surface area (Å²) < 4.78 is 31.3. The van der Waals surface area contributed by atoms with Gasteiger partial charge in [0, 0.05) is 24.5 Å². The van der Waals surface area contributed by atoms with Gasteiger partial charge < -0.3 is 15.0 Å². The molecule has 0 aliphatic carbocycles. The number of rotatable bonds is 8. The molecule has 11 heteroatoms. The number of esters is 1. The molecule has 2 aromatic carbocycles. The standard InChI is InChI=1S/C20H21Cl2N3O5S/c21-17-8-7-16(11-18(17)22)31(28,29)23-12-20(27)30-13-19(26)24-14-3-5-15(6-4-14)25-9-1-2-10-25/h3-8,11,23H,1-2,9-10,12-13H2,(H,24,26). The topological polar surface area (TPSA) is 105 Å². The van der Waals surface area contributed by atoms with Crippen LogP contribution in [0.1, 0.15) is 12.8 Å². The number of anilines is 2. The second-order valence-electron chi connectivity index (χ2n) is 6.85. The molecule has 0 bridgehead atoms. The first-order chi connectivity index (χ1) is 14.7. The summed E-state index contributed by atoms with van der Waals surface area (Å²) in [7, 11) is -3.99. The number of sulfonamides is 1. The van der Waals surface area contributed by atoms with Crippen molar-refractivity contribution in [1.29, 1.82) is 0 Å². The zero-order chi connectivity index (χ0) is 22.4. The molecular weight excluding hydrogens is 465 g/mol. The van der Waals surface area contributed by atoms with E-state index in [2.05, 4.69) is 14.9 Å². The molecular formula is C20H21Cl2N3O5S. The van der Waals surface area contributed by atoms with Crippen molar-refractivity contribution in [3.63, 3.8) is 0 Å². The molecule has 1 heterocycles. The highest BCUT2D eigenvalue weighted by molar-refractivity contribution is 7.89. The van der Waals surface area contributed by atoms with Crippen LogP contribution in [0.4, 0.5) is 11.4 Å². The highest BCUT2D eigenvalue weighted by Crippen LogP contribution is 2.25. The smallest absolute Gasteiger partial charge is 0.321 e. The third-order valence-corrected chi connectivity index (χ3v) is 6.73. The van der Waals surface area contributed by atoms with Crippen LogP contribution in [-0.4, -0.2) is 46.5 Å². The number of carbonyl (C=O) groups excluding carboxylic acids is 2. The maximum atomic E-state index is 12.2. The molecule has 1 fully saturated rings. The Hall–Kier alpha value is -2.33. The van der Waals surface area contributed by atoms with E-state index in [-0.39, 0.29) is 14.9 Å². The minimum absolute atomic E-state index is 0.0669. The molecule has 0 spiro atoms. The molecule has 1 aliphatic heterocycles. The van der Waals surface area contributed by atoms with Gasteiger partial charge in [-0.25, -0.2) is 8.42 Å². The Kier molecular flexibility index (Phi) is 7.77. The lowest BCUT2D eigenvalue weighted by Crippen LogP contribution is -2.32. The van der Waals surface area contributed by atoms with Crippen LogP contribution in [0, 0.1) is 0 Å². The predicted octanol–water partition coefficient (Wildman–Crippen LogP) is 3.05. The highest BCUT2D eigenvalue weighted by Gasteiger charge is 2.18. The van der Waals surface area contributed by atoms with Gasteiger partial charge in [0.05, 0.1) is 14.9 Å². The lowest BCUT2D eigenvalue weighted by Gasteiger charge is -2.17. The maximum Gasteiger partial charge on any atom is 0.321 e. The molecule has 0 aromatic heterocycles. The first kappa shape index (κ1) is 23.3. The number of ether oxygens (including phenoxy) is 1. The van der Waals surface area contributed by atoms with E-state index < -0.39 is 35.1 Å². The molecule has 2 aromatic rings. The molecule has 0 unspecified atom stereocenters. The van der Waals surface area contributed by atoms with Gasteiger partial charge in [-0.05, 0) is 55.3 Å². The average molecular weight is 486 g/mol. The molecule has 2 N–H and O–H groups in total. The SMILES string of the molecule is O=C(COC(=O)CNS(=O)(=O)c1ccc(Cl)c(Cl)c1)Nc1ccc(N2CCCC2)cc1. The van der Waals surface area contributed by atoms with Crippen LogP contribution < -0.4 is 14.9 Å². The Morgan fingerprint density at radius 3 is 2.32 bits per heavy atom. The van der Waals surface area contributed by atoms with E-state index in [0.29, 0.717) is 5.69 Å². The molecule has 0 saturated carbocycles. The summed E-state index contributed by atoms with van der Waals surface area (Å²) in [4.78, 5) is 25.9.